The van der Waals surface area contributed by atoms with E-state index in [1.807, 2.05) is 49.4 Å². The third kappa shape index (κ3) is 2.07. The molecular formula is C17H14N4O. The molecule has 0 spiro atoms. The highest BCUT2D eigenvalue weighted by Crippen LogP contribution is 2.36. The van der Waals surface area contributed by atoms with Crippen LogP contribution in [0.3, 0.4) is 0 Å². The molecule has 5 heteroatoms. The fourth-order valence-electron chi connectivity index (χ4n) is 2.66. The van der Waals surface area contributed by atoms with Gasteiger partial charge in [0.25, 0.3) is 0 Å². The van der Waals surface area contributed by atoms with Gasteiger partial charge in [-0.2, -0.15) is 0 Å². The summed E-state index contributed by atoms with van der Waals surface area (Å²) < 4.78 is 0. The highest BCUT2D eigenvalue weighted by Gasteiger charge is 2.14. The van der Waals surface area contributed by atoms with E-state index in [1.54, 1.807) is 0 Å². The maximum atomic E-state index is 10.0. The van der Waals surface area contributed by atoms with E-state index in [4.69, 9.17) is 0 Å². The van der Waals surface area contributed by atoms with Crippen LogP contribution in [0.2, 0.25) is 0 Å². The quantitative estimate of drug-likeness (QED) is 0.634. The summed E-state index contributed by atoms with van der Waals surface area (Å²) in [5.74, 6) is 0.683. The van der Waals surface area contributed by atoms with E-state index in [2.05, 4.69) is 20.2 Å². The molecule has 2 heterocycles. The standard InChI is InChI=1S/C17H14N4O/c1-10-6-7-14-12(8-10)16(17(22)19-14)21-20-15-9-11-4-2-3-5-13(11)18-15/h2-8,19,22H,9H2,1H3. The van der Waals surface area contributed by atoms with E-state index < -0.39 is 0 Å². The summed E-state index contributed by atoms with van der Waals surface area (Å²) in [6.45, 7) is 2.00. The summed E-state index contributed by atoms with van der Waals surface area (Å²) in [7, 11) is 0. The molecule has 1 aliphatic rings. The number of azo groups is 1. The van der Waals surface area contributed by atoms with E-state index in [0.717, 1.165) is 27.7 Å². The van der Waals surface area contributed by atoms with Crippen LogP contribution in [0.5, 0.6) is 5.88 Å². The largest absolute Gasteiger partial charge is 0.493 e. The van der Waals surface area contributed by atoms with Crippen molar-refractivity contribution >= 4 is 28.1 Å². The van der Waals surface area contributed by atoms with Gasteiger partial charge in [-0.1, -0.05) is 29.8 Å². The van der Waals surface area contributed by atoms with Gasteiger partial charge in [0.2, 0.25) is 5.88 Å². The Morgan fingerprint density at radius 1 is 1.14 bits per heavy atom. The maximum Gasteiger partial charge on any atom is 0.218 e. The first-order chi connectivity index (χ1) is 10.7. The van der Waals surface area contributed by atoms with E-state index in [9.17, 15) is 5.11 Å². The van der Waals surface area contributed by atoms with Crippen molar-refractivity contribution in [2.24, 2.45) is 15.2 Å². The molecule has 5 nitrogen and oxygen atoms in total. The first kappa shape index (κ1) is 12.8. The minimum absolute atomic E-state index is 0.0282. The Kier molecular flexibility index (Phi) is 2.79. The molecule has 0 amide bonds. The van der Waals surface area contributed by atoms with Crippen LogP contribution >= 0.6 is 0 Å². The van der Waals surface area contributed by atoms with Crippen LogP contribution in [-0.4, -0.2) is 15.9 Å². The number of amidine groups is 1. The lowest BCUT2D eigenvalue weighted by atomic mass is 10.1. The molecule has 0 unspecified atom stereocenters. The summed E-state index contributed by atoms with van der Waals surface area (Å²) in [6, 6.07) is 13.8. The van der Waals surface area contributed by atoms with Crippen LogP contribution in [0.1, 0.15) is 11.1 Å². The third-order valence-electron chi connectivity index (χ3n) is 3.76. The summed E-state index contributed by atoms with van der Waals surface area (Å²) in [4.78, 5) is 7.35. The molecule has 2 N–H and O–H groups in total. The zero-order valence-electron chi connectivity index (χ0n) is 12.0. The van der Waals surface area contributed by atoms with Crippen molar-refractivity contribution in [1.29, 1.82) is 0 Å². The fourth-order valence-corrected chi connectivity index (χ4v) is 2.66. The second-order valence-corrected chi connectivity index (χ2v) is 5.40. The predicted molar refractivity (Wildman–Crippen MR) is 86.5 cm³/mol. The summed E-state index contributed by atoms with van der Waals surface area (Å²) in [5.41, 5.74) is 4.49. The Bertz CT molecular complexity index is 937. The first-order valence-electron chi connectivity index (χ1n) is 7.09. The molecule has 0 radical (unpaired) electrons. The van der Waals surface area contributed by atoms with Gasteiger partial charge in [0.05, 0.1) is 11.2 Å². The number of para-hydroxylation sites is 1. The topological polar surface area (TPSA) is 73.1 Å². The molecule has 1 aromatic heterocycles. The molecule has 0 atom stereocenters. The van der Waals surface area contributed by atoms with Gasteiger partial charge >= 0.3 is 0 Å². The number of H-pyrrole nitrogens is 1. The molecule has 22 heavy (non-hydrogen) atoms. The molecule has 108 valence electrons. The van der Waals surface area contributed by atoms with Gasteiger partial charge in [-0.3, -0.25) is 0 Å². The van der Waals surface area contributed by atoms with Crippen molar-refractivity contribution in [2.75, 3.05) is 0 Å². The number of rotatable bonds is 1. The highest BCUT2D eigenvalue weighted by molar-refractivity contribution is 5.96. The van der Waals surface area contributed by atoms with Gasteiger partial charge in [-0.15, -0.1) is 10.2 Å². The number of aryl methyl sites for hydroxylation is 1. The zero-order valence-corrected chi connectivity index (χ0v) is 12.0. The number of nitrogens with one attached hydrogen (secondary N) is 1. The number of hydrogen-bond acceptors (Lipinski definition) is 4. The Hall–Kier alpha value is -2.95. The number of fused-ring (bicyclic) bond motifs is 2. The number of benzene rings is 2. The van der Waals surface area contributed by atoms with Crippen LogP contribution < -0.4 is 0 Å². The lowest BCUT2D eigenvalue weighted by Crippen LogP contribution is -1.90. The van der Waals surface area contributed by atoms with E-state index in [1.165, 1.54) is 0 Å². The molecule has 4 rings (SSSR count). The number of hydrogen-bond donors (Lipinski definition) is 2. The molecule has 0 bridgehead atoms. The van der Waals surface area contributed by atoms with Crippen molar-refractivity contribution in [3.05, 3.63) is 53.6 Å². The summed E-state index contributed by atoms with van der Waals surface area (Å²) >= 11 is 0. The van der Waals surface area contributed by atoms with E-state index in [-0.39, 0.29) is 5.88 Å². The smallest absolute Gasteiger partial charge is 0.218 e. The van der Waals surface area contributed by atoms with Crippen molar-refractivity contribution in [3.8, 4) is 5.88 Å². The third-order valence-corrected chi connectivity index (χ3v) is 3.76. The number of aromatic hydroxyl groups is 1. The molecule has 0 aliphatic carbocycles. The maximum absolute atomic E-state index is 10.0. The van der Waals surface area contributed by atoms with Gasteiger partial charge in [0, 0.05) is 11.8 Å². The molecule has 1 aliphatic heterocycles. The average molecular weight is 290 g/mol. The van der Waals surface area contributed by atoms with Gasteiger partial charge in [-0.05, 0) is 30.7 Å². The van der Waals surface area contributed by atoms with Crippen LogP contribution in [0, 0.1) is 6.92 Å². The lowest BCUT2D eigenvalue weighted by Gasteiger charge is -1.94. The summed E-state index contributed by atoms with van der Waals surface area (Å²) in [6.07, 6.45) is 0.668. The van der Waals surface area contributed by atoms with Crippen LogP contribution in [0.4, 0.5) is 11.4 Å². The molecule has 0 saturated heterocycles. The Morgan fingerprint density at radius 3 is 2.86 bits per heavy atom. The van der Waals surface area contributed by atoms with Crippen LogP contribution in [0.25, 0.3) is 10.9 Å². The highest BCUT2D eigenvalue weighted by atomic mass is 16.3. The fraction of sp³-hybridized carbons (Fsp3) is 0.118. The number of aromatic amines is 1. The minimum atomic E-state index is 0.0282. The normalized spacial score (nSPS) is 13.8. The average Bonchev–Trinajstić information content (AvgIpc) is 3.05. The summed E-state index contributed by atoms with van der Waals surface area (Å²) in [5, 5.41) is 19.3. The molecule has 2 aromatic carbocycles. The number of aliphatic imine (C=N–C) groups is 1. The Morgan fingerprint density at radius 2 is 2.00 bits per heavy atom. The predicted octanol–water partition coefficient (Wildman–Crippen LogP) is 4.55. The molecule has 0 fully saturated rings. The molecule has 0 saturated carbocycles. The van der Waals surface area contributed by atoms with Gasteiger partial charge < -0.3 is 10.1 Å². The Balaban J connectivity index is 1.70. The van der Waals surface area contributed by atoms with Crippen molar-refractivity contribution < 1.29 is 5.11 Å². The SMILES string of the molecule is Cc1ccc2[nH]c(O)c(N=NC3=Nc4ccccc4C3)c2c1. The Labute approximate surface area is 127 Å². The second-order valence-electron chi connectivity index (χ2n) is 5.40. The minimum Gasteiger partial charge on any atom is -0.493 e. The second kappa shape index (κ2) is 4.80. The van der Waals surface area contributed by atoms with Gasteiger partial charge in [0.15, 0.2) is 11.5 Å². The number of nitrogens with zero attached hydrogens (tertiary/aromatic N) is 3. The van der Waals surface area contributed by atoms with E-state index in [0.29, 0.717) is 17.9 Å². The van der Waals surface area contributed by atoms with Crippen molar-refractivity contribution in [3.63, 3.8) is 0 Å². The number of aromatic nitrogens is 1. The van der Waals surface area contributed by atoms with Crippen molar-refractivity contribution in [2.45, 2.75) is 13.3 Å². The van der Waals surface area contributed by atoms with Gasteiger partial charge in [-0.25, -0.2) is 4.99 Å². The molecular weight excluding hydrogens is 276 g/mol. The monoisotopic (exact) mass is 290 g/mol. The lowest BCUT2D eigenvalue weighted by molar-refractivity contribution is 0.459. The van der Waals surface area contributed by atoms with Crippen LogP contribution in [-0.2, 0) is 6.42 Å². The zero-order chi connectivity index (χ0) is 15.1. The van der Waals surface area contributed by atoms with Crippen LogP contribution in [0.15, 0.2) is 57.7 Å². The first-order valence-corrected chi connectivity index (χ1v) is 7.09. The molecule has 3 aromatic rings. The van der Waals surface area contributed by atoms with Crippen molar-refractivity contribution in [1.82, 2.24) is 4.98 Å². The van der Waals surface area contributed by atoms with E-state index >= 15 is 0 Å². The van der Waals surface area contributed by atoms with Gasteiger partial charge in [0.1, 0.15) is 0 Å².